The number of hydrogen-bond donors (Lipinski definition) is 1. The number of rotatable bonds is 5. The van der Waals surface area contributed by atoms with Crippen molar-refractivity contribution in [2.45, 2.75) is 39.8 Å². The number of aliphatic hydroxyl groups is 1. The Morgan fingerprint density at radius 1 is 1.26 bits per heavy atom. The number of halogens is 1. The van der Waals surface area contributed by atoms with E-state index in [9.17, 15) is 14.3 Å². The third-order valence-electron chi connectivity index (χ3n) is 3.63. The summed E-state index contributed by atoms with van der Waals surface area (Å²) in [7, 11) is 0. The molecule has 2 aromatic rings. The van der Waals surface area contributed by atoms with Gasteiger partial charge in [-0.25, -0.2) is 4.39 Å². The maximum atomic E-state index is 13.1. The van der Waals surface area contributed by atoms with Crippen molar-refractivity contribution in [1.82, 2.24) is 4.90 Å². The number of carbonyl (C=O) groups is 1. The van der Waals surface area contributed by atoms with Gasteiger partial charge in [0.2, 0.25) is 0 Å². The van der Waals surface area contributed by atoms with Gasteiger partial charge in [-0.2, -0.15) is 0 Å². The van der Waals surface area contributed by atoms with Crippen molar-refractivity contribution in [3.63, 3.8) is 0 Å². The standard InChI is InChI=1S/C18H22FNO2S/c1-11(2)20(10-12(3)21)18(22)17-9-16(13(4)23-17)14-5-7-15(19)8-6-14/h5-9,11-12,21H,10H2,1-4H3. The van der Waals surface area contributed by atoms with Crippen LogP contribution in [-0.4, -0.2) is 34.6 Å². The Morgan fingerprint density at radius 2 is 1.87 bits per heavy atom. The summed E-state index contributed by atoms with van der Waals surface area (Å²) in [5, 5.41) is 9.61. The van der Waals surface area contributed by atoms with E-state index in [4.69, 9.17) is 0 Å². The van der Waals surface area contributed by atoms with Crippen LogP contribution in [0.5, 0.6) is 0 Å². The highest BCUT2D eigenvalue weighted by Gasteiger charge is 2.23. The maximum absolute atomic E-state index is 13.1. The normalized spacial score (nSPS) is 12.5. The lowest BCUT2D eigenvalue weighted by molar-refractivity contribution is 0.0583. The fourth-order valence-corrected chi connectivity index (χ4v) is 3.46. The van der Waals surface area contributed by atoms with Gasteiger partial charge in [-0.05, 0) is 57.0 Å². The molecule has 1 atom stereocenters. The number of carbonyl (C=O) groups excluding carboxylic acids is 1. The molecule has 0 radical (unpaired) electrons. The predicted molar refractivity (Wildman–Crippen MR) is 92.3 cm³/mol. The van der Waals surface area contributed by atoms with Crippen LogP contribution in [0.25, 0.3) is 11.1 Å². The molecule has 1 unspecified atom stereocenters. The van der Waals surface area contributed by atoms with E-state index >= 15 is 0 Å². The summed E-state index contributed by atoms with van der Waals surface area (Å²) < 4.78 is 13.1. The van der Waals surface area contributed by atoms with Crippen LogP contribution in [0.15, 0.2) is 30.3 Å². The zero-order valence-electron chi connectivity index (χ0n) is 13.8. The summed E-state index contributed by atoms with van der Waals surface area (Å²) >= 11 is 1.43. The van der Waals surface area contributed by atoms with Crippen LogP contribution < -0.4 is 0 Å². The second-order valence-corrected chi connectivity index (χ2v) is 7.24. The zero-order valence-corrected chi connectivity index (χ0v) is 14.7. The van der Waals surface area contributed by atoms with Gasteiger partial charge in [0.1, 0.15) is 5.82 Å². The van der Waals surface area contributed by atoms with Gasteiger partial charge in [0.05, 0.1) is 11.0 Å². The third-order valence-corrected chi connectivity index (χ3v) is 4.67. The molecule has 0 spiro atoms. The van der Waals surface area contributed by atoms with Crippen LogP contribution in [0, 0.1) is 12.7 Å². The van der Waals surface area contributed by atoms with Crippen LogP contribution in [0.4, 0.5) is 4.39 Å². The monoisotopic (exact) mass is 335 g/mol. The van der Waals surface area contributed by atoms with E-state index in [-0.39, 0.29) is 17.8 Å². The lowest BCUT2D eigenvalue weighted by Gasteiger charge is -2.27. The first-order valence-electron chi connectivity index (χ1n) is 7.65. The first-order valence-corrected chi connectivity index (χ1v) is 8.46. The van der Waals surface area contributed by atoms with Crippen molar-refractivity contribution in [3.05, 3.63) is 45.9 Å². The predicted octanol–water partition coefficient (Wildman–Crippen LogP) is 4.09. The molecule has 1 N–H and O–H groups in total. The summed E-state index contributed by atoms with van der Waals surface area (Å²) in [4.78, 5) is 16.1. The van der Waals surface area contributed by atoms with Crippen LogP contribution in [0.3, 0.4) is 0 Å². The summed E-state index contributed by atoms with van der Waals surface area (Å²) in [6.45, 7) is 7.80. The van der Waals surface area contributed by atoms with Crippen molar-refractivity contribution >= 4 is 17.2 Å². The Hall–Kier alpha value is -1.72. The Balaban J connectivity index is 2.32. The van der Waals surface area contributed by atoms with Gasteiger partial charge in [-0.1, -0.05) is 12.1 Å². The number of amides is 1. The van der Waals surface area contributed by atoms with E-state index in [1.807, 2.05) is 26.8 Å². The first kappa shape index (κ1) is 17.6. The van der Waals surface area contributed by atoms with Gasteiger partial charge < -0.3 is 10.0 Å². The average molecular weight is 335 g/mol. The largest absolute Gasteiger partial charge is 0.392 e. The molecule has 23 heavy (non-hydrogen) atoms. The molecule has 0 aliphatic rings. The van der Waals surface area contributed by atoms with E-state index in [0.29, 0.717) is 11.4 Å². The topological polar surface area (TPSA) is 40.5 Å². The van der Waals surface area contributed by atoms with E-state index in [1.165, 1.54) is 23.5 Å². The molecule has 0 bridgehead atoms. The van der Waals surface area contributed by atoms with Crippen LogP contribution >= 0.6 is 11.3 Å². The van der Waals surface area contributed by atoms with Gasteiger partial charge in [0.25, 0.3) is 5.91 Å². The lowest BCUT2D eigenvalue weighted by atomic mass is 10.1. The molecule has 0 saturated carbocycles. The van der Waals surface area contributed by atoms with Crippen molar-refractivity contribution in [2.75, 3.05) is 6.54 Å². The molecule has 124 valence electrons. The minimum absolute atomic E-state index is 0.00813. The highest BCUT2D eigenvalue weighted by atomic mass is 32.1. The fourth-order valence-electron chi connectivity index (χ4n) is 2.46. The number of thiophene rings is 1. The van der Waals surface area contributed by atoms with Crippen molar-refractivity contribution in [3.8, 4) is 11.1 Å². The smallest absolute Gasteiger partial charge is 0.264 e. The molecule has 1 amide bonds. The SMILES string of the molecule is Cc1sc(C(=O)N(CC(C)O)C(C)C)cc1-c1ccc(F)cc1. The average Bonchev–Trinajstić information content (AvgIpc) is 2.86. The zero-order chi connectivity index (χ0) is 17.1. The second kappa shape index (κ2) is 7.23. The molecule has 1 heterocycles. The number of benzene rings is 1. The Labute approximate surface area is 140 Å². The Morgan fingerprint density at radius 3 is 2.39 bits per heavy atom. The quantitative estimate of drug-likeness (QED) is 0.894. The van der Waals surface area contributed by atoms with Gasteiger partial charge in [-0.15, -0.1) is 11.3 Å². The van der Waals surface area contributed by atoms with Crippen LogP contribution in [-0.2, 0) is 0 Å². The molecule has 0 fully saturated rings. The van der Waals surface area contributed by atoms with Crippen molar-refractivity contribution < 1.29 is 14.3 Å². The lowest BCUT2D eigenvalue weighted by Crippen LogP contribution is -2.41. The number of aliphatic hydroxyl groups excluding tert-OH is 1. The molecule has 1 aromatic heterocycles. The molecular formula is C18H22FNO2S. The Bertz CT molecular complexity index is 677. The summed E-state index contributed by atoms with van der Waals surface area (Å²) in [5.41, 5.74) is 1.84. The summed E-state index contributed by atoms with van der Waals surface area (Å²) in [6, 6.07) is 8.13. The highest BCUT2D eigenvalue weighted by Crippen LogP contribution is 2.32. The second-order valence-electron chi connectivity index (χ2n) is 5.99. The first-order chi connectivity index (χ1) is 10.8. The van der Waals surface area contributed by atoms with E-state index in [2.05, 4.69) is 0 Å². The molecule has 3 nitrogen and oxygen atoms in total. The third kappa shape index (κ3) is 4.18. The number of hydrogen-bond acceptors (Lipinski definition) is 3. The highest BCUT2D eigenvalue weighted by molar-refractivity contribution is 7.14. The minimum Gasteiger partial charge on any atom is -0.392 e. The molecule has 0 aliphatic heterocycles. The Kier molecular flexibility index (Phi) is 5.55. The minimum atomic E-state index is -0.570. The van der Waals surface area contributed by atoms with E-state index in [0.717, 1.165) is 16.0 Å². The van der Waals surface area contributed by atoms with Gasteiger partial charge in [-0.3, -0.25) is 4.79 Å². The molecular weight excluding hydrogens is 313 g/mol. The maximum Gasteiger partial charge on any atom is 0.264 e. The van der Waals surface area contributed by atoms with Crippen LogP contribution in [0.2, 0.25) is 0 Å². The fraction of sp³-hybridized carbons (Fsp3) is 0.389. The van der Waals surface area contributed by atoms with Crippen LogP contribution in [0.1, 0.15) is 35.3 Å². The molecule has 5 heteroatoms. The molecule has 0 aliphatic carbocycles. The van der Waals surface area contributed by atoms with Crippen molar-refractivity contribution in [2.24, 2.45) is 0 Å². The van der Waals surface area contributed by atoms with E-state index < -0.39 is 6.10 Å². The van der Waals surface area contributed by atoms with Gasteiger partial charge in [0.15, 0.2) is 0 Å². The van der Waals surface area contributed by atoms with Gasteiger partial charge in [0, 0.05) is 17.5 Å². The summed E-state index contributed by atoms with van der Waals surface area (Å²) in [6.07, 6.45) is -0.570. The van der Waals surface area contributed by atoms with Gasteiger partial charge >= 0.3 is 0 Å². The molecule has 2 rings (SSSR count). The number of aryl methyl sites for hydroxylation is 1. The molecule has 0 saturated heterocycles. The van der Waals surface area contributed by atoms with E-state index in [1.54, 1.807) is 24.0 Å². The van der Waals surface area contributed by atoms with Crippen molar-refractivity contribution in [1.29, 1.82) is 0 Å². The molecule has 1 aromatic carbocycles. The number of nitrogens with zero attached hydrogens (tertiary/aromatic N) is 1. The summed E-state index contributed by atoms with van der Waals surface area (Å²) in [5.74, 6) is -0.358.